The fourth-order valence-corrected chi connectivity index (χ4v) is 2.19. The molecule has 1 aliphatic rings. The average molecular weight is 269 g/mol. The molecule has 0 aromatic heterocycles. The van der Waals surface area contributed by atoms with Gasteiger partial charge in [-0.3, -0.25) is 4.79 Å². The van der Waals surface area contributed by atoms with Crippen molar-refractivity contribution in [3.05, 3.63) is 59.7 Å². The van der Waals surface area contributed by atoms with Crippen LogP contribution in [-0.4, -0.2) is 24.6 Å². The van der Waals surface area contributed by atoms with Gasteiger partial charge in [-0.2, -0.15) is 0 Å². The van der Waals surface area contributed by atoms with E-state index in [-0.39, 0.29) is 12.7 Å². The fraction of sp³-hybridized carbons (Fsp3) is 0.188. The zero-order valence-corrected chi connectivity index (χ0v) is 11.2. The first-order valence-electron chi connectivity index (χ1n) is 6.43. The second kappa shape index (κ2) is 5.25. The van der Waals surface area contributed by atoms with Crippen LogP contribution < -0.4 is 9.47 Å². The number of nitrogens with zero attached hydrogens (tertiary/aromatic N) is 1. The molecule has 0 unspecified atom stereocenters. The molecule has 0 bridgehead atoms. The fourth-order valence-electron chi connectivity index (χ4n) is 2.19. The van der Waals surface area contributed by atoms with E-state index in [1.807, 2.05) is 48.5 Å². The molecule has 2 aromatic carbocycles. The van der Waals surface area contributed by atoms with Crippen LogP contribution in [0.5, 0.6) is 11.5 Å². The van der Waals surface area contributed by atoms with Crippen LogP contribution in [0.15, 0.2) is 48.5 Å². The minimum absolute atomic E-state index is 0.00302. The molecule has 102 valence electrons. The Morgan fingerprint density at radius 2 is 1.85 bits per heavy atom. The van der Waals surface area contributed by atoms with Crippen molar-refractivity contribution in [3.8, 4) is 11.5 Å². The predicted octanol–water partition coefficient (Wildman–Crippen LogP) is 2.69. The minimum atomic E-state index is 0.00302. The Morgan fingerprint density at radius 1 is 1.10 bits per heavy atom. The second-order valence-electron chi connectivity index (χ2n) is 4.71. The third-order valence-electron chi connectivity index (χ3n) is 3.22. The normalized spacial score (nSPS) is 12.2. The Morgan fingerprint density at radius 3 is 2.65 bits per heavy atom. The molecule has 0 fully saturated rings. The molecule has 0 N–H and O–H groups in total. The zero-order chi connectivity index (χ0) is 13.9. The first kappa shape index (κ1) is 12.5. The topological polar surface area (TPSA) is 38.8 Å². The highest BCUT2D eigenvalue weighted by atomic mass is 16.7. The summed E-state index contributed by atoms with van der Waals surface area (Å²) in [7, 11) is 1.79. The zero-order valence-electron chi connectivity index (χ0n) is 11.2. The first-order chi connectivity index (χ1) is 9.74. The molecule has 1 aliphatic heterocycles. The van der Waals surface area contributed by atoms with Crippen molar-refractivity contribution in [3.63, 3.8) is 0 Å². The highest BCUT2D eigenvalue weighted by Gasteiger charge is 2.16. The van der Waals surface area contributed by atoms with Crippen molar-refractivity contribution in [2.24, 2.45) is 0 Å². The van der Waals surface area contributed by atoms with Gasteiger partial charge in [0.05, 0.1) is 0 Å². The number of ether oxygens (including phenoxy) is 2. The van der Waals surface area contributed by atoms with E-state index in [1.165, 1.54) is 0 Å². The van der Waals surface area contributed by atoms with Gasteiger partial charge < -0.3 is 14.4 Å². The van der Waals surface area contributed by atoms with Crippen LogP contribution in [0.1, 0.15) is 15.9 Å². The van der Waals surface area contributed by atoms with Crippen LogP contribution >= 0.6 is 0 Å². The molecule has 20 heavy (non-hydrogen) atoms. The molecule has 3 rings (SSSR count). The lowest BCUT2D eigenvalue weighted by Crippen LogP contribution is -2.26. The SMILES string of the molecule is CN(Cc1ccc2c(c1)OCO2)C(=O)c1ccccc1. The van der Waals surface area contributed by atoms with Crippen LogP contribution in [0.2, 0.25) is 0 Å². The van der Waals surface area contributed by atoms with E-state index in [0.717, 1.165) is 17.1 Å². The first-order valence-corrected chi connectivity index (χ1v) is 6.43. The Kier molecular flexibility index (Phi) is 3.29. The molecule has 2 aromatic rings. The van der Waals surface area contributed by atoms with Gasteiger partial charge in [0.1, 0.15) is 0 Å². The van der Waals surface area contributed by atoms with Crippen molar-refractivity contribution < 1.29 is 14.3 Å². The summed E-state index contributed by atoms with van der Waals surface area (Å²) in [6.45, 7) is 0.794. The Hall–Kier alpha value is -2.49. The maximum atomic E-state index is 12.3. The van der Waals surface area contributed by atoms with Gasteiger partial charge >= 0.3 is 0 Å². The monoisotopic (exact) mass is 269 g/mol. The van der Waals surface area contributed by atoms with Gasteiger partial charge in [-0.05, 0) is 29.8 Å². The summed E-state index contributed by atoms with van der Waals surface area (Å²) in [5, 5.41) is 0. The summed E-state index contributed by atoms with van der Waals surface area (Å²) in [5.74, 6) is 1.50. The molecular formula is C16H15NO3. The van der Waals surface area contributed by atoms with Gasteiger partial charge in [-0.25, -0.2) is 0 Å². The average Bonchev–Trinajstić information content (AvgIpc) is 2.95. The number of carbonyl (C=O) groups is 1. The largest absolute Gasteiger partial charge is 0.454 e. The molecule has 0 atom stereocenters. The number of fused-ring (bicyclic) bond motifs is 1. The number of amides is 1. The van der Waals surface area contributed by atoms with E-state index in [2.05, 4.69) is 0 Å². The second-order valence-corrected chi connectivity index (χ2v) is 4.71. The molecule has 0 saturated heterocycles. The van der Waals surface area contributed by atoms with Gasteiger partial charge in [-0.1, -0.05) is 24.3 Å². The molecule has 4 heteroatoms. The molecule has 1 heterocycles. The van der Waals surface area contributed by atoms with Gasteiger partial charge in [0, 0.05) is 19.2 Å². The van der Waals surface area contributed by atoms with E-state index in [0.29, 0.717) is 12.1 Å². The Balaban J connectivity index is 1.73. The quantitative estimate of drug-likeness (QED) is 0.860. The third-order valence-corrected chi connectivity index (χ3v) is 3.22. The van der Waals surface area contributed by atoms with Gasteiger partial charge in [-0.15, -0.1) is 0 Å². The van der Waals surface area contributed by atoms with Crippen molar-refractivity contribution in [1.29, 1.82) is 0 Å². The van der Waals surface area contributed by atoms with E-state index < -0.39 is 0 Å². The molecular weight excluding hydrogens is 254 g/mol. The van der Waals surface area contributed by atoms with E-state index in [9.17, 15) is 4.79 Å². The van der Waals surface area contributed by atoms with E-state index >= 15 is 0 Å². The molecule has 0 spiro atoms. The van der Waals surface area contributed by atoms with Crippen LogP contribution in [0.3, 0.4) is 0 Å². The summed E-state index contributed by atoms with van der Waals surface area (Å²) < 4.78 is 10.6. The minimum Gasteiger partial charge on any atom is -0.454 e. The van der Waals surface area contributed by atoms with Crippen LogP contribution in [0.4, 0.5) is 0 Å². The van der Waals surface area contributed by atoms with Crippen molar-refractivity contribution >= 4 is 5.91 Å². The lowest BCUT2D eigenvalue weighted by molar-refractivity contribution is 0.0785. The highest BCUT2D eigenvalue weighted by molar-refractivity contribution is 5.93. The maximum absolute atomic E-state index is 12.3. The summed E-state index contributed by atoms with van der Waals surface area (Å²) in [4.78, 5) is 13.9. The Labute approximate surface area is 117 Å². The van der Waals surface area contributed by atoms with Crippen molar-refractivity contribution in [2.75, 3.05) is 13.8 Å². The molecule has 0 aliphatic carbocycles. The summed E-state index contributed by atoms with van der Waals surface area (Å²) >= 11 is 0. The van der Waals surface area contributed by atoms with Gasteiger partial charge in [0.25, 0.3) is 5.91 Å². The number of rotatable bonds is 3. The number of benzene rings is 2. The highest BCUT2D eigenvalue weighted by Crippen LogP contribution is 2.32. The van der Waals surface area contributed by atoms with Crippen LogP contribution in [-0.2, 0) is 6.54 Å². The standard InChI is InChI=1S/C16H15NO3/c1-17(16(18)13-5-3-2-4-6-13)10-12-7-8-14-15(9-12)20-11-19-14/h2-9H,10-11H2,1H3. The lowest BCUT2D eigenvalue weighted by Gasteiger charge is -2.17. The summed E-state index contributed by atoms with van der Waals surface area (Å²) in [5.41, 5.74) is 1.71. The molecule has 0 radical (unpaired) electrons. The number of carbonyl (C=O) groups excluding carboxylic acids is 1. The third kappa shape index (κ3) is 2.45. The number of hydrogen-bond acceptors (Lipinski definition) is 3. The van der Waals surface area contributed by atoms with Crippen LogP contribution in [0, 0.1) is 0 Å². The van der Waals surface area contributed by atoms with E-state index in [4.69, 9.17) is 9.47 Å². The van der Waals surface area contributed by atoms with Crippen molar-refractivity contribution in [1.82, 2.24) is 4.90 Å². The summed E-state index contributed by atoms with van der Waals surface area (Å²) in [6, 6.07) is 15.0. The smallest absolute Gasteiger partial charge is 0.253 e. The maximum Gasteiger partial charge on any atom is 0.253 e. The van der Waals surface area contributed by atoms with Crippen molar-refractivity contribution in [2.45, 2.75) is 6.54 Å². The Bertz CT molecular complexity index is 625. The molecule has 4 nitrogen and oxygen atoms in total. The molecule has 1 amide bonds. The lowest BCUT2D eigenvalue weighted by atomic mass is 10.1. The van der Waals surface area contributed by atoms with Crippen LogP contribution in [0.25, 0.3) is 0 Å². The van der Waals surface area contributed by atoms with Gasteiger partial charge in [0.2, 0.25) is 6.79 Å². The van der Waals surface area contributed by atoms with E-state index in [1.54, 1.807) is 11.9 Å². The van der Waals surface area contributed by atoms with Gasteiger partial charge in [0.15, 0.2) is 11.5 Å². The predicted molar refractivity (Wildman–Crippen MR) is 74.8 cm³/mol. The number of hydrogen-bond donors (Lipinski definition) is 0. The summed E-state index contributed by atoms with van der Waals surface area (Å²) in [6.07, 6.45) is 0. The molecule has 0 saturated carbocycles.